The van der Waals surface area contributed by atoms with Gasteiger partial charge in [0.15, 0.2) is 0 Å². The Hall–Kier alpha value is -0.300. The van der Waals surface area contributed by atoms with Gasteiger partial charge in [-0.2, -0.15) is 0 Å². The summed E-state index contributed by atoms with van der Waals surface area (Å²) in [6, 6.07) is 0. The Labute approximate surface area is 75.8 Å². The predicted octanol–water partition coefficient (Wildman–Crippen LogP) is 3.02. The summed E-state index contributed by atoms with van der Waals surface area (Å²) in [6.07, 6.45) is 8.75. The van der Waals surface area contributed by atoms with Crippen LogP contribution in [-0.4, -0.2) is 13.7 Å². The summed E-state index contributed by atoms with van der Waals surface area (Å²) in [5, 5.41) is 0. The number of allylic oxidation sites excluding steroid dienone is 1. The highest BCUT2D eigenvalue weighted by molar-refractivity contribution is 4.81. The molecule has 1 saturated carbocycles. The van der Waals surface area contributed by atoms with E-state index in [9.17, 15) is 0 Å². The molecule has 0 bridgehead atoms. The van der Waals surface area contributed by atoms with Gasteiger partial charge in [-0.15, -0.1) is 6.58 Å². The van der Waals surface area contributed by atoms with Gasteiger partial charge >= 0.3 is 0 Å². The van der Waals surface area contributed by atoms with Crippen molar-refractivity contribution >= 4 is 0 Å². The van der Waals surface area contributed by atoms with Crippen molar-refractivity contribution in [3.63, 3.8) is 0 Å². The summed E-state index contributed by atoms with van der Waals surface area (Å²) in [7, 11) is 1.81. The molecule has 1 aliphatic rings. The minimum Gasteiger partial charge on any atom is -0.384 e. The largest absolute Gasteiger partial charge is 0.384 e. The van der Waals surface area contributed by atoms with E-state index in [1.165, 1.54) is 32.1 Å². The Morgan fingerprint density at radius 3 is 2.58 bits per heavy atom. The molecular weight excluding hydrogens is 148 g/mol. The van der Waals surface area contributed by atoms with Gasteiger partial charge in [0.05, 0.1) is 0 Å². The number of ether oxygens (including phenoxy) is 1. The minimum absolute atomic E-state index is 0.793. The van der Waals surface area contributed by atoms with Gasteiger partial charge < -0.3 is 4.74 Å². The van der Waals surface area contributed by atoms with Gasteiger partial charge in [0.25, 0.3) is 0 Å². The highest BCUT2D eigenvalue weighted by Crippen LogP contribution is 2.32. The first kappa shape index (κ1) is 9.79. The van der Waals surface area contributed by atoms with Crippen LogP contribution in [0, 0.1) is 11.8 Å². The first-order chi connectivity index (χ1) is 5.88. The van der Waals surface area contributed by atoms with E-state index in [4.69, 9.17) is 4.74 Å². The molecule has 2 atom stereocenters. The van der Waals surface area contributed by atoms with E-state index in [2.05, 4.69) is 12.7 Å². The van der Waals surface area contributed by atoms with Crippen LogP contribution in [0.25, 0.3) is 0 Å². The van der Waals surface area contributed by atoms with Crippen LogP contribution in [0.2, 0.25) is 0 Å². The van der Waals surface area contributed by atoms with E-state index in [1.807, 2.05) is 0 Å². The summed E-state index contributed by atoms with van der Waals surface area (Å²) in [5.41, 5.74) is 0. The smallest absolute Gasteiger partial charge is 0.0493 e. The molecule has 0 aromatic heterocycles. The average molecular weight is 168 g/mol. The van der Waals surface area contributed by atoms with Gasteiger partial charge in [-0.05, 0) is 31.1 Å². The third-order valence-corrected chi connectivity index (χ3v) is 2.92. The van der Waals surface area contributed by atoms with Crippen molar-refractivity contribution in [3.05, 3.63) is 12.7 Å². The van der Waals surface area contributed by atoms with Crippen molar-refractivity contribution in [3.8, 4) is 0 Å². The summed E-state index contributed by atoms with van der Waals surface area (Å²) in [6.45, 7) is 4.75. The van der Waals surface area contributed by atoms with Crippen LogP contribution in [0.4, 0.5) is 0 Å². The summed E-state index contributed by atoms with van der Waals surface area (Å²) in [4.78, 5) is 0. The molecule has 1 fully saturated rings. The molecular formula is C11H20O. The molecule has 0 aromatic carbocycles. The second kappa shape index (κ2) is 5.36. The van der Waals surface area contributed by atoms with Crippen molar-refractivity contribution in [2.45, 2.75) is 32.1 Å². The lowest BCUT2D eigenvalue weighted by Crippen LogP contribution is -2.23. The van der Waals surface area contributed by atoms with Gasteiger partial charge in [-0.1, -0.05) is 18.9 Å². The molecule has 1 nitrogen and oxygen atoms in total. The Morgan fingerprint density at radius 2 is 2.00 bits per heavy atom. The number of rotatable bonds is 4. The molecule has 0 aromatic rings. The van der Waals surface area contributed by atoms with Crippen molar-refractivity contribution < 1.29 is 4.74 Å². The Morgan fingerprint density at radius 1 is 1.33 bits per heavy atom. The summed E-state index contributed by atoms with van der Waals surface area (Å²) < 4.78 is 5.22. The van der Waals surface area contributed by atoms with E-state index in [1.54, 1.807) is 7.11 Å². The molecule has 1 aliphatic carbocycles. The Kier molecular flexibility index (Phi) is 4.37. The zero-order valence-corrected chi connectivity index (χ0v) is 8.09. The Balaban J connectivity index is 2.36. The fourth-order valence-electron chi connectivity index (χ4n) is 2.24. The second-order valence-electron chi connectivity index (χ2n) is 3.78. The number of methoxy groups -OCH3 is 1. The van der Waals surface area contributed by atoms with E-state index in [0.717, 1.165) is 18.4 Å². The van der Waals surface area contributed by atoms with E-state index >= 15 is 0 Å². The lowest BCUT2D eigenvalue weighted by molar-refractivity contribution is 0.0950. The van der Waals surface area contributed by atoms with Gasteiger partial charge in [0.2, 0.25) is 0 Å². The monoisotopic (exact) mass is 168 g/mol. The first-order valence-electron chi connectivity index (χ1n) is 4.98. The molecule has 1 heteroatoms. The molecule has 12 heavy (non-hydrogen) atoms. The normalized spacial score (nSPS) is 30.1. The first-order valence-corrected chi connectivity index (χ1v) is 4.98. The van der Waals surface area contributed by atoms with Crippen molar-refractivity contribution in [2.75, 3.05) is 13.7 Å². The SMILES string of the molecule is C=CC[C@H]1CCCC[C@@H]1COC. The van der Waals surface area contributed by atoms with Crippen LogP contribution in [0.5, 0.6) is 0 Å². The molecule has 0 N–H and O–H groups in total. The van der Waals surface area contributed by atoms with E-state index in [0.29, 0.717) is 0 Å². The fraction of sp³-hybridized carbons (Fsp3) is 0.818. The Bertz CT molecular complexity index is 129. The summed E-state index contributed by atoms with van der Waals surface area (Å²) >= 11 is 0. The van der Waals surface area contributed by atoms with Gasteiger partial charge in [0.1, 0.15) is 0 Å². The molecule has 0 saturated heterocycles. The van der Waals surface area contributed by atoms with Crippen LogP contribution in [0.3, 0.4) is 0 Å². The molecule has 0 spiro atoms. The van der Waals surface area contributed by atoms with Crippen LogP contribution in [0.15, 0.2) is 12.7 Å². The quantitative estimate of drug-likeness (QED) is 0.586. The zero-order chi connectivity index (χ0) is 8.81. The number of hydrogen-bond donors (Lipinski definition) is 0. The average Bonchev–Trinajstić information content (AvgIpc) is 2.09. The molecule has 0 aliphatic heterocycles. The van der Waals surface area contributed by atoms with Gasteiger partial charge in [-0.3, -0.25) is 0 Å². The van der Waals surface area contributed by atoms with Crippen molar-refractivity contribution in [1.29, 1.82) is 0 Å². The lowest BCUT2D eigenvalue weighted by atomic mass is 9.78. The maximum atomic E-state index is 5.22. The van der Waals surface area contributed by atoms with Crippen LogP contribution >= 0.6 is 0 Å². The van der Waals surface area contributed by atoms with Crippen LogP contribution < -0.4 is 0 Å². The maximum Gasteiger partial charge on any atom is 0.0493 e. The highest BCUT2D eigenvalue weighted by atomic mass is 16.5. The molecule has 1 rings (SSSR count). The van der Waals surface area contributed by atoms with E-state index < -0.39 is 0 Å². The third-order valence-electron chi connectivity index (χ3n) is 2.92. The third kappa shape index (κ3) is 2.63. The highest BCUT2D eigenvalue weighted by Gasteiger charge is 2.23. The number of hydrogen-bond acceptors (Lipinski definition) is 1. The second-order valence-corrected chi connectivity index (χ2v) is 3.78. The fourth-order valence-corrected chi connectivity index (χ4v) is 2.24. The van der Waals surface area contributed by atoms with Gasteiger partial charge in [-0.25, -0.2) is 0 Å². The van der Waals surface area contributed by atoms with Crippen LogP contribution in [-0.2, 0) is 4.74 Å². The predicted molar refractivity (Wildman–Crippen MR) is 52.1 cm³/mol. The standard InChI is InChI=1S/C11H20O/c1-3-6-10-7-4-5-8-11(10)9-12-2/h3,10-11H,1,4-9H2,2H3/t10-,11+/m0/s1. The van der Waals surface area contributed by atoms with Gasteiger partial charge in [0, 0.05) is 13.7 Å². The van der Waals surface area contributed by atoms with Crippen molar-refractivity contribution in [1.82, 2.24) is 0 Å². The molecule has 0 amide bonds. The van der Waals surface area contributed by atoms with Crippen LogP contribution in [0.1, 0.15) is 32.1 Å². The lowest BCUT2D eigenvalue weighted by Gasteiger charge is -2.30. The molecule has 70 valence electrons. The molecule has 0 unspecified atom stereocenters. The maximum absolute atomic E-state index is 5.22. The molecule has 0 heterocycles. The minimum atomic E-state index is 0.793. The van der Waals surface area contributed by atoms with Crippen molar-refractivity contribution in [2.24, 2.45) is 11.8 Å². The zero-order valence-electron chi connectivity index (χ0n) is 8.09. The van der Waals surface area contributed by atoms with E-state index in [-0.39, 0.29) is 0 Å². The topological polar surface area (TPSA) is 9.23 Å². The molecule has 0 radical (unpaired) electrons. The summed E-state index contributed by atoms with van der Waals surface area (Å²) in [5.74, 6) is 1.64.